The molecule has 0 bridgehead atoms. The lowest BCUT2D eigenvalue weighted by Gasteiger charge is -2.13. The number of carbonyl (C=O) groups excluding carboxylic acids is 1. The number of unbranched alkanes of at least 4 members (excludes halogenated alkanes) is 2. The molecule has 18 heavy (non-hydrogen) atoms. The Morgan fingerprint density at radius 3 is 2.39 bits per heavy atom. The average Bonchev–Trinajstić information content (AvgIpc) is 2.35. The molecule has 0 radical (unpaired) electrons. The Balaban J connectivity index is 2.35. The highest BCUT2D eigenvalue weighted by Gasteiger charge is 2.01. The minimum absolute atomic E-state index is 0.135. The largest absolute Gasteiger partial charge is 0.378 e. The van der Waals surface area contributed by atoms with Crippen LogP contribution >= 0.6 is 0 Å². The zero-order valence-electron chi connectivity index (χ0n) is 11.5. The molecule has 0 spiro atoms. The lowest BCUT2D eigenvalue weighted by Crippen LogP contribution is -2.29. The molecule has 4 heteroatoms. The summed E-state index contributed by atoms with van der Waals surface area (Å²) in [6.45, 7) is 2.88. The van der Waals surface area contributed by atoms with Crippen molar-refractivity contribution >= 4 is 17.4 Å². The van der Waals surface area contributed by atoms with Crippen LogP contribution in [0.1, 0.15) is 26.2 Å². The highest BCUT2D eigenvalue weighted by molar-refractivity contribution is 5.89. The van der Waals surface area contributed by atoms with Crippen molar-refractivity contribution in [1.29, 1.82) is 0 Å². The van der Waals surface area contributed by atoms with Gasteiger partial charge >= 0.3 is 6.03 Å². The van der Waals surface area contributed by atoms with Gasteiger partial charge in [0.15, 0.2) is 0 Å². The highest BCUT2D eigenvalue weighted by atomic mass is 16.2. The third-order valence-electron chi connectivity index (χ3n) is 2.71. The van der Waals surface area contributed by atoms with Gasteiger partial charge in [0, 0.05) is 32.0 Å². The van der Waals surface area contributed by atoms with Crippen molar-refractivity contribution in [2.24, 2.45) is 0 Å². The maximum Gasteiger partial charge on any atom is 0.319 e. The Kier molecular flexibility index (Phi) is 6.05. The third-order valence-corrected chi connectivity index (χ3v) is 2.71. The minimum atomic E-state index is -0.135. The molecule has 2 amide bonds. The van der Waals surface area contributed by atoms with Crippen LogP contribution in [0.15, 0.2) is 24.3 Å². The van der Waals surface area contributed by atoms with Gasteiger partial charge in [-0.3, -0.25) is 0 Å². The van der Waals surface area contributed by atoms with Gasteiger partial charge in [-0.25, -0.2) is 4.79 Å². The number of amides is 2. The second-order valence-electron chi connectivity index (χ2n) is 4.53. The fourth-order valence-corrected chi connectivity index (χ4v) is 1.60. The molecule has 4 nitrogen and oxygen atoms in total. The van der Waals surface area contributed by atoms with Crippen LogP contribution in [0.3, 0.4) is 0 Å². The Morgan fingerprint density at radius 2 is 1.83 bits per heavy atom. The number of rotatable bonds is 6. The first-order valence-corrected chi connectivity index (χ1v) is 6.45. The summed E-state index contributed by atoms with van der Waals surface area (Å²) in [5, 5.41) is 5.66. The molecule has 0 aliphatic rings. The normalized spacial score (nSPS) is 9.94. The number of nitrogens with zero attached hydrogens (tertiary/aromatic N) is 1. The summed E-state index contributed by atoms with van der Waals surface area (Å²) in [5.41, 5.74) is 1.93. The summed E-state index contributed by atoms with van der Waals surface area (Å²) in [6, 6.07) is 7.63. The fourth-order valence-electron chi connectivity index (χ4n) is 1.60. The van der Waals surface area contributed by atoms with Crippen LogP contribution in [0.4, 0.5) is 16.2 Å². The zero-order valence-corrected chi connectivity index (χ0v) is 11.5. The number of anilines is 2. The molecule has 0 unspecified atom stereocenters. The van der Waals surface area contributed by atoms with Crippen molar-refractivity contribution in [3.63, 3.8) is 0 Å². The van der Waals surface area contributed by atoms with Gasteiger partial charge in [0.05, 0.1) is 0 Å². The topological polar surface area (TPSA) is 44.4 Å². The minimum Gasteiger partial charge on any atom is -0.378 e. The van der Waals surface area contributed by atoms with E-state index in [1.54, 1.807) is 0 Å². The van der Waals surface area contributed by atoms with Gasteiger partial charge in [-0.15, -0.1) is 0 Å². The van der Waals surface area contributed by atoms with E-state index in [1.807, 2.05) is 43.3 Å². The second kappa shape index (κ2) is 7.58. The van der Waals surface area contributed by atoms with E-state index in [9.17, 15) is 4.79 Å². The lowest BCUT2D eigenvalue weighted by molar-refractivity contribution is 0.252. The van der Waals surface area contributed by atoms with E-state index in [0.717, 1.165) is 37.2 Å². The fraction of sp³-hybridized carbons (Fsp3) is 0.500. The number of benzene rings is 1. The van der Waals surface area contributed by atoms with E-state index < -0.39 is 0 Å². The third kappa shape index (κ3) is 5.08. The first kappa shape index (κ1) is 14.4. The zero-order chi connectivity index (χ0) is 13.4. The molecule has 0 aliphatic heterocycles. The summed E-state index contributed by atoms with van der Waals surface area (Å²) < 4.78 is 0. The molecule has 100 valence electrons. The van der Waals surface area contributed by atoms with Crippen molar-refractivity contribution in [2.75, 3.05) is 30.9 Å². The summed E-state index contributed by atoms with van der Waals surface area (Å²) >= 11 is 0. The van der Waals surface area contributed by atoms with E-state index in [1.165, 1.54) is 0 Å². The van der Waals surface area contributed by atoms with E-state index >= 15 is 0 Å². The monoisotopic (exact) mass is 249 g/mol. The van der Waals surface area contributed by atoms with Gasteiger partial charge in [-0.1, -0.05) is 19.8 Å². The molecule has 0 saturated heterocycles. The number of hydrogen-bond donors (Lipinski definition) is 2. The van der Waals surface area contributed by atoms with E-state index in [-0.39, 0.29) is 6.03 Å². The summed E-state index contributed by atoms with van der Waals surface area (Å²) in [5.74, 6) is 0. The molecular weight excluding hydrogens is 226 g/mol. The lowest BCUT2D eigenvalue weighted by atomic mass is 10.2. The van der Waals surface area contributed by atoms with Crippen LogP contribution in [-0.2, 0) is 0 Å². The quantitative estimate of drug-likeness (QED) is 0.761. The van der Waals surface area contributed by atoms with Crippen LogP contribution in [-0.4, -0.2) is 26.7 Å². The number of hydrogen-bond acceptors (Lipinski definition) is 2. The van der Waals surface area contributed by atoms with Crippen molar-refractivity contribution in [2.45, 2.75) is 26.2 Å². The summed E-state index contributed by atoms with van der Waals surface area (Å²) in [4.78, 5) is 13.6. The van der Waals surface area contributed by atoms with Gasteiger partial charge < -0.3 is 15.5 Å². The molecule has 0 atom stereocenters. The maximum atomic E-state index is 11.6. The smallest absolute Gasteiger partial charge is 0.319 e. The Labute approximate surface area is 109 Å². The van der Waals surface area contributed by atoms with Crippen LogP contribution in [0.2, 0.25) is 0 Å². The van der Waals surface area contributed by atoms with Gasteiger partial charge in [0.2, 0.25) is 0 Å². The van der Waals surface area contributed by atoms with Crippen LogP contribution in [0, 0.1) is 0 Å². The van der Waals surface area contributed by atoms with Crippen LogP contribution < -0.4 is 15.5 Å². The standard InChI is InChI=1S/C14H23N3O/c1-4-5-6-11-15-14(18)16-12-7-9-13(10-8-12)17(2)3/h7-10H,4-6,11H2,1-3H3,(H2,15,16,18). The van der Waals surface area contributed by atoms with Crippen LogP contribution in [0.5, 0.6) is 0 Å². The number of carbonyl (C=O) groups is 1. The molecule has 1 aromatic carbocycles. The number of nitrogens with one attached hydrogen (secondary N) is 2. The van der Waals surface area contributed by atoms with Crippen molar-refractivity contribution in [3.05, 3.63) is 24.3 Å². The number of urea groups is 1. The molecule has 1 rings (SSSR count). The van der Waals surface area contributed by atoms with Crippen molar-refractivity contribution < 1.29 is 4.79 Å². The first-order valence-electron chi connectivity index (χ1n) is 6.45. The van der Waals surface area contributed by atoms with Gasteiger partial charge in [0.1, 0.15) is 0 Å². The van der Waals surface area contributed by atoms with Gasteiger partial charge in [-0.2, -0.15) is 0 Å². The summed E-state index contributed by atoms with van der Waals surface area (Å²) in [7, 11) is 3.98. The molecule has 0 aromatic heterocycles. The molecule has 0 fully saturated rings. The van der Waals surface area contributed by atoms with Crippen molar-refractivity contribution in [1.82, 2.24) is 5.32 Å². The Morgan fingerprint density at radius 1 is 1.17 bits per heavy atom. The molecule has 0 heterocycles. The van der Waals surface area contributed by atoms with Crippen LogP contribution in [0.25, 0.3) is 0 Å². The van der Waals surface area contributed by atoms with Gasteiger partial charge in [0.25, 0.3) is 0 Å². The molecule has 1 aromatic rings. The average molecular weight is 249 g/mol. The van der Waals surface area contributed by atoms with Crippen molar-refractivity contribution in [3.8, 4) is 0 Å². The van der Waals surface area contributed by atoms with Gasteiger partial charge in [-0.05, 0) is 30.7 Å². The molecule has 0 saturated carbocycles. The predicted octanol–water partition coefficient (Wildman–Crippen LogP) is 3.06. The Hall–Kier alpha value is -1.71. The first-order chi connectivity index (χ1) is 8.63. The van der Waals surface area contributed by atoms with E-state index in [2.05, 4.69) is 17.6 Å². The SMILES string of the molecule is CCCCCNC(=O)Nc1ccc(N(C)C)cc1. The Bertz CT molecular complexity index is 360. The maximum absolute atomic E-state index is 11.6. The molecular formula is C14H23N3O. The molecule has 2 N–H and O–H groups in total. The van der Waals surface area contributed by atoms with E-state index in [0.29, 0.717) is 0 Å². The second-order valence-corrected chi connectivity index (χ2v) is 4.53. The predicted molar refractivity (Wildman–Crippen MR) is 77.3 cm³/mol. The molecule has 0 aliphatic carbocycles. The van der Waals surface area contributed by atoms with E-state index in [4.69, 9.17) is 0 Å². The summed E-state index contributed by atoms with van der Waals surface area (Å²) in [6.07, 6.45) is 3.34. The highest BCUT2D eigenvalue weighted by Crippen LogP contribution is 2.15.